The summed E-state index contributed by atoms with van der Waals surface area (Å²) in [5.74, 6) is 0. The molecule has 13 rings (SSSR count). The normalized spacial score (nSPS) is 12.2. The summed E-state index contributed by atoms with van der Waals surface area (Å²) in [6.07, 6.45) is 0. The van der Waals surface area contributed by atoms with Gasteiger partial charge in [-0.25, -0.2) is 0 Å². The van der Waals surface area contributed by atoms with Gasteiger partial charge in [0, 0.05) is 62.1 Å². The Balaban J connectivity index is 1.14. The maximum Gasteiger partial charge on any atom is 0.252 e. The number of nitrogens with zero attached hydrogens (tertiary/aromatic N) is 3. The zero-order chi connectivity index (χ0) is 46.4. The second-order valence-corrected chi connectivity index (χ2v) is 18.0. The zero-order valence-electron chi connectivity index (χ0n) is 38.5. The average Bonchev–Trinajstić information content (AvgIpc) is 3.44. The van der Waals surface area contributed by atoms with Crippen LogP contribution in [-0.2, 0) is 0 Å². The highest BCUT2D eigenvalue weighted by Crippen LogP contribution is 2.53. The third-order valence-electron chi connectivity index (χ3n) is 14.0. The van der Waals surface area contributed by atoms with E-state index < -0.39 is 0 Å². The van der Waals surface area contributed by atoms with E-state index >= 15 is 0 Å². The number of para-hydroxylation sites is 5. The molecule has 4 heteroatoms. The molecule has 70 heavy (non-hydrogen) atoms. The lowest BCUT2D eigenvalue weighted by molar-refractivity contribution is 1.24. The number of rotatable bonds is 9. The van der Waals surface area contributed by atoms with Crippen LogP contribution < -0.4 is 31.1 Å². The molecule has 0 spiro atoms. The fourth-order valence-corrected chi connectivity index (χ4v) is 11.1. The number of fused-ring (bicyclic) bond motifs is 4. The first-order valence-corrected chi connectivity index (χ1v) is 24.1. The quantitative estimate of drug-likeness (QED) is 0.134. The molecule has 2 aliphatic rings. The third kappa shape index (κ3) is 6.92. The van der Waals surface area contributed by atoms with Crippen LogP contribution in [0.25, 0.3) is 44.5 Å². The Kier molecular flexibility index (Phi) is 10.3. The van der Waals surface area contributed by atoms with E-state index in [1.165, 1.54) is 44.3 Å². The molecule has 0 atom stereocenters. The molecule has 0 bridgehead atoms. The van der Waals surface area contributed by atoms with Crippen LogP contribution >= 0.6 is 0 Å². The SMILES string of the molecule is c1ccc(-c2cccc(-c3ccccc3)c2N2c3ccccc3B3c4ccc(N(c5ccccc5)c5ccccc5)cc4N(c4c(-c5ccccc5)cccc4-c4ccccc4)c4cccc2c43)cc1. The van der Waals surface area contributed by atoms with E-state index in [0.717, 1.165) is 67.8 Å². The minimum atomic E-state index is -0.0750. The molecule has 0 amide bonds. The van der Waals surface area contributed by atoms with Crippen molar-refractivity contribution in [3.8, 4) is 44.5 Å². The molecule has 0 saturated heterocycles. The smallest absolute Gasteiger partial charge is 0.252 e. The largest absolute Gasteiger partial charge is 0.310 e. The van der Waals surface area contributed by atoms with Crippen molar-refractivity contribution in [3.05, 3.63) is 279 Å². The first kappa shape index (κ1) is 41.1. The molecule has 0 aliphatic carbocycles. The highest BCUT2D eigenvalue weighted by molar-refractivity contribution is 7.00. The highest BCUT2D eigenvalue weighted by atomic mass is 15.2. The lowest BCUT2D eigenvalue weighted by Gasteiger charge is -2.45. The Labute approximate surface area is 410 Å². The zero-order valence-corrected chi connectivity index (χ0v) is 38.5. The summed E-state index contributed by atoms with van der Waals surface area (Å²) in [6, 6.07) is 102. The molecule has 3 nitrogen and oxygen atoms in total. The van der Waals surface area contributed by atoms with Crippen LogP contribution in [0.15, 0.2) is 279 Å². The van der Waals surface area contributed by atoms with Gasteiger partial charge in [0.25, 0.3) is 6.71 Å². The molecular formula is C66H46BN3. The summed E-state index contributed by atoms with van der Waals surface area (Å²) >= 11 is 0. The maximum atomic E-state index is 2.60. The van der Waals surface area contributed by atoms with Gasteiger partial charge in [-0.3, -0.25) is 0 Å². The molecule has 0 N–H and O–H groups in total. The van der Waals surface area contributed by atoms with Crippen LogP contribution in [0, 0.1) is 0 Å². The average molecular weight is 892 g/mol. The summed E-state index contributed by atoms with van der Waals surface area (Å²) in [4.78, 5) is 7.55. The van der Waals surface area contributed by atoms with Gasteiger partial charge >= 0.3 is 0 Å². The molecule has 328 valence electrons. The first-order chi connectivity index (χ1) is 34.8. The maximum absolute atomic E-state index is 2.60. The van der Waals surface area contributed by atoms with Gasteiger partial charge in [-0.1, -0.05) is 224 Å². The van der Waals surface area contributed by atoms with Crippen LogP contribution in [0.3, 0.4) is 0 Å². The Morgan fingerprint density at radius 2 is 0.600 bits per heavy atom. The number of anilines is 9. The van der Waals surface area contributed by atoms with Gasteiger partial charge in [-0.05, 0) is 93.2 Å². The standard InChI is InChI=1S/C66H46BN3/c1-7-24-47(25-8-1)54-36-21-37-55(48-26-9-2-10-27-48)65(54)69-60-41-20-19-40-58(60)67-59-45-44-53(68(51-32-15-5-16-33-51)52-34-17-6-18-35-52)46-63(59)70(62-43-23-42-61(69)64(62)67)66-56(49-28-11-3-12-29-49)38-22-39-57(66)50-30-13-4-14-31-50/h1-46H. The topological polar surface area (TPSA) is 9.72 Å². The minimum Gasteiger partial charge on any atom is -0.310 e. The Hall–Kier alpha value is -9.12. The number of hydrogen-bond donors (Lipinski definition) is 0. The van der Waals surface area contributed by atoms with Crippen LogP contribution in [0.4, 0.5) is 51.2 Å². The monoisotopic (exact) mass is 891 g/mol. The fraction of sp³-hybridized carbons (Fsp3) is 0. The number of hydrogen-bond acceptors (Lipinski definition) is 3. The van der Waals surface area contributed by atoms with E-state index in [4.69, 9.17) is 0 Å². The van der Waals surface area contributed by atoms with Gasteiger partial charge in [-0.15, -0.1) is 0 Å². The predicted octanol–water partition coefficient (Wildman–Crippen LogP) is 15.9. The van der Waals surface area contributed by atoms with Gasteiger partial charge in [0.15, 0.2) is 0 Å². The second kappa shape index (κ2) is 17.5. The molecule has 0 aromatic heterocycles. The summed E-state index contributed by atoms with van der Waals surface area (Å²) in [5, 5.41) is 0. The summed E-state index contributed by atoms with van der Waals surface area (Å²) in [6.45, 7) is -0.0750. The van der Waals surface area contributed by atoms with Crippen molar-refractivity contribution in [1.82, 2.24) is 0 Å². The third-order valence-corrected chi connectivity index (χ3v) is 14.0. The van der Waals surface area contributed by atoms with Crippen molar-refractivity contribution in [1.29, 1.82) is 0 Å². The molecular weight excluding hydrogens is 846 g/mol. The second-order valence-electron chi connectivity index (χ2n) is 18.0. The van der Waals surface area contributed by atoms with Crippen LogP contribution in [0.1, 0.15) is 0 Å². The first-order valence-electron chi connectivity index (χ1n) is 24.1. The van der Waals surface area contributed by atoms with E-state index in [2.05, 4.69) is 294 Å². The molecule has 0 unspecified atom stereocenters. The van der Waals surface area contributed by atoms with E-state index in [1.54, 1.807) is 0 Å². The van der Waals surface area contributed by atoms with Gasteiger partial charge < -0.3 is 14.7 Å². The Morgan fingerprint density at radius 3 is 1.04 bits per heavy atom. The Bertz CT molecular complexity index is 3500. The predicted molar refractivity (Wildman–Crippen MR) is 297 cm³/mol. The molecule has 2 aliphatic heterocycles. The molecule has 2 heterocycles. The summed E-state index contributed by atoms with van der Waals surface area (Å²) in [7, 11) is 0. The molecule has 11 aromatic rings. The van der Waals surface area contributed by atoms with E-state index in [-0.39, 0.29) is 6.71 Å². The van der Waals surface area contributed by atoms with Crippen LogP contribution in [-0.4, -0.2) is 6.71 Å². The number of benzene rings is 11. The van der Waals surface area contributed by atoms with Crippen LogP contribution in [0.2, 0.25) is 0 Å². The summed E-state index contributed by atoms with van der Waals surface area (Å²) in [5.41, 5.74) is 23.3. The van der Waals surface area contributed by atoms with E-state index in [9.17, 15) is 0 Å². The van der Waals surface area contributed by atoms with Gasteiger partial charge in [-0.2, -0.15) is 0 Å². The van der Waals surface area contributed by atoms with Gasteiger partial charge in [0.05, 0.1) is 11.4 Å². The van der Waals surface area contributed by atoms with Crippen molar-refractivity contribution in [2.75, 3.05) is 14.7 Å². The highest BCUT2D eigenvalue weighted by Gasteiger charge is 2.44. The molecule has 0 radical (unpaired) electrons. The molecule has 0 fully saturated rings. The Morgan fingerprint density at radius 1 is 0.257 bits per heavy atom. The van der Waals surface area contributed by atoms with Crippen molar-refractivity contribution in [2.45, 2.75) is 0 Å². The summed E-state index contributed by atoms with van der Waals surface area (Å²) < 4.78 is 0. The molecule has 11 aromatic carbocycles. The van der Waals surface area contributed by atoms with Crippen molar-refractivity contribution in [3.63, 3.8) is 0 Å². The van der Waals surface area contributed by atoms with E-state index in [1.807, 2.05) is 0 Å². The fourth-order valence-electron chi connectivity index (χ4n) is 11.1. The van der Waals surface area contributed by atoms with Crippen molar-refractivity contribution < 1.29 is 0 Å². The van der Waals surface area contributed by atoms with Crippen LogP contribution in [0.5, 0.6) is 0 Å². The lowest BCUT2D eigenvalue weighted by Crippen LogP contribution is -2.61. The lowest BCUT2D eigenvalue weighted by atomic mass is 9.33. The van der Waals surface area contributed by atoms with Gasteiger partial charge in [0.2, 0.25) is 0 Å². The molecule has 0 saturated carbocycles. The van der Waals surface area contributed by atoms with E-state index in [0.29, 0.717) is 0 Å². The van der Waals surface area contributed by atoms with Crippen molar-refractivity contribution in [2.24, 2.45) is 0 Å². The minimum absolute atomic E-state index is 0.0750. The van der Waals surface area contributed by atoms with Crippen molar-refractivity contribution >= 4 is 74.3 Å². The van der Waals surface area contributed by atoms with Gasteiger partial charge in [0.1, 0.15) is 0 Å².